The van der Waals surface area contributed by atoms with E-state index in [4.69, 9.17) is 9.47 Å². The Bertz CT molecular complexity index is 863. The van der Waals surface area contributed by atoms with Crippen LogP contribution in [-0.2, 0) is 18.3 Å². The van der Waals surface area contributed by atoms with E-state index in [2.05, 4.69) is 22.4 Å². The van der Waals surface area contributed by atoms with Crippen LogP contribution in [0.3, 0.4) is 0 Å². The molecule has 27 heavy (non-hydrogen) atoms. The molecule has 2 aromatic carbocycles. The Hall–Kier alpha value is -2.63. The van der Waals surface area contributed by atoms with E-state index < -0.39 is 0 Å². The molecular formula is C22H25N3O2. The maximum atomic E-state index is 5.95. The number of hydrogen-bond donors (Lipinski definition) is 1. The molecule has 1 aliphatic rings. The zero-order valence-electron chi connectivity index (χ0n) is 15.5. The zero-order chi connectivity index (χ0) is 18.5. The van der Waals surface area contributed by atoms with Crippen LogP contribution in [0.5, 0.6) is 11.5 Å². The Balaban J connectivity index is 1.34. The topological polar surface area (TPSA) is 48.3 Å². The van der Waals surface area contributed by atoms with Crippen LogP contribution in [0.4, 0.5) is 0 Å². The molecule has 2 atom stereocenters. The van der Waals surface area contributed by atoms with Crippen molar-refractivity contribution < 1.29 is 9.47 Å². The first kappa shape index (κ1) is 17.8. The summed E-state index contributed by atoms with van der Waals surface area (Å²) in [6.45, 7) is 1.58. The van der Waals surface area contributed by atoms with E-state index >= 15 is 0 Å². The summed E-state index contributed by atoms with van der Waals surface area (Å²) < 4.78 is 13.9. The molecule has 2 heterocycles. The molecule has 0 bridgehead atoms. The molecule has 1 saturated heterocycles. The molecule has 0 radical (unpaired) electrons. The molecule has 1 fully saturated rings. The smallest absolute Gasteiger partial charge is 0.127 e. The van der Waals surface area contributed by atoms with Gasteiger partial charge in [0.1, 0.15) is 17.6 Å². The van der Waals surface area contributed by atoms with Crippen LogP contribution in [0, 0.1) is 0 Å². The summed E-state index contributed by atoms with van der Waals surface area (Å²) in [4.78, 5) is 4.21. The number of aryl methyl sites for hydroxylation is 1. The number of rotatable bonds is 6. The lowest BCUT2D eigenvalue weighted by molar-refractivity contribution is -0.00404. The summed E-state index contributed by atoms with van der Waals surface area (Å²) in [5, 5.41) is 3.68. The van der Waals surface area contributed by atoms with Gasteiger partial charge in [-0.2, -0.15) is 0 Å². The van der Waals surface area contributed by atoms with Crippen molar-refractivity contribution in [1.82, 2.24) is 14.9 Å². The fraction of sp³-hybridized carbons (Fsp3) is 0.318. The van der Waals surface area contributed by atoms with E-state index in [0.29, 0.717) is 6.04 Å². The zero-order valence-corrected chi connectivity index (χ0v) is 15.5. The summed E-state index contributed by atoms with van der Waals surface area (Å²) in [6.07, 6.45) is 5.82. The lowest BCUT2D eigenvalue weighted by atomic mass is 10.0. The minimum atomic E-state index is 0.108. The van der Waals surface area contributed by atoms with Crippen molar-refractivity contribution >= 4 is 0 Å². The number of nitrogens with zero attached hydrogens (tertiary/aromatic N) is 2. The van der Waals surface area contributed by atoms with Crippen LogP contribution < -0.4 is 10.1 Å². The van der Waals surface area contributed by atoms with Crippen LogP contribution >= 0.6 is 0 Å². The Morgan fingerprint density at radius 1 is 1.15 bits per heavy atom. The highest BCUT2D eigenvalue weighted by atomic mass is 16.5. The van der Waals surface area contributed by atoms with Crippen molar-refractivity contribution in [3.05, 3.63) is 78.4 Å². The quantitative estimate of drug-likeness (QED) is 0.712. The van der Waals surface area contributed by atoms with Gasteiger partial charge < -0.3 is 19.4 Å². The van der Waals surface area contributed by atoms with Crippen LogP contribution in [-0.4, -0.2) is 22.2 Å². The van der Waals surface area contributed by atoms with Gasteiger partial charge in [0.15, 0.2) is 0 Å². The molecule has 140 valence electrons. The lowest BCUT2D eigenvalue weighted by Gasteiger charge is -2.30. The third-order valence-electron chi connectivity index (χ3n) is 4.94. The minimum absolute atomic E-state index is 0.108. The van der Waals surface area contributed by atoms with Gasteiger partial charge in [0.25, 0.3) is 0 Å². The first-order valence-corrected chi connectivity index (χ1v) is 9.41. The van der Waals surface area contributed by atoms with E-state index in [9.17, 15) is 0 Å². The fourth-order valence-electron chi connectivity index (χ4n) is 3.47. The van der Waals surface area contributed by atoms with Gasteiger partial charge in [0.05, 0.1) is 18.2 Å². The monoisotopic (exact) mass is 363 g/mol. The van der Waals surface area contributed by atoms with E-state index in [0.717, 1.165) is 43.2 Å². The number of hydrogen-bond acceptors (Lipinski definition) is 4. The number of para-hydroxylation sites is 1. The van der Waals surface area contributed by atoms with Gasteiger partial charge in [0.2, 0.25) is 0 Å². The number of aromatic nitrogens is 2. The van der Waals surface area contributed by atoms with E-state index in [1.807, 2.05) is 66.6 Å². The molecule has 0 saturated carbocycles. The normalized spacial score (nSPS) is 19.7. The van der Waals surface area contributed by atoms with Gasteiger partial charge in [-0.25, -0.2) is 4.98 Å². The number of nitrogens with one attached hydrogen (secondary N) is 1. The molecule has 0 spiro atoms. The molecule has 5 heteroatoms. The Kier molecular flexibility index (Phi) is 5.51. The highest BCUT2D eigenvalue weighted by Crippen LogP contribution is 2.28. The summed E-state index contributed by atoms with van der Waals surface area (Å²) in [5.74, 6) is 1.71. The standard InChI is InChI=1S/C22H25N3O2/c1-25-16-23-15-21(25)22-13-18(10-11-26-22)24-14-17-6-5-9-20(12-17)27-19-7-3-2-4-8-19/h2-9,12,15-16,18,22,24H,10-11,13-14H2,1H3/t18-,22-/m1/s1. The molecule has 1 N–H and O–H groups in total. The SMILES string of the molecule is Cn1cncc1[C@H]1C[C@H](NCc2cccc(Oc3ccccc3)c2)CCO1. The third-order valence-corrected chi connectivity index (χ3v) is 4.94. The van der Waals surface area contributed by atoms with Gasteiger partial charge in [-0.3, -0.25) is 0 Å². The van der Waals surface area contributed by atoms with Crippen LogP contribution in [0.2, 0.25) is 0 Å². The van der Waals surface area contributed by atoms with Crippen LogP contribution in [0.25, 0.3) is 0 Å². The van der Waals surface area contributed by atoms with Gasteiger partial charge in [-0.15, -0.1) is 0 Å². The molecule has 0 aliphatic carbocycles. The molecule has 4 rings (SSSR count). The Labute approximate surface area is 160 Å². The lowest BCUT2D eigenvalue weighted by Crippen LogP contribution is -2.36. The highest BCUT2D eigenvalue weighted by molar-refractivity contribution is 5.33. The second-order valence-corrected chi connectivity index (χ2v) is 6.95. The fourth-order valence-corrected chi connectivity index (χ4v) is 3.47. The molecular weight excluding hydrogens is 338 g/mol. The first-order valence-electron chi connectivity index (χ1n) is 9.41. The van der Waals surface area contributed by atoms with Crippen molar-refractivity contribution in [2.75, 3.05) is 6.61 Å². The molecule has 3 aromatic rings. The summed E-state index contributed by atoms with van der Waals surface area (Å²) >= 11 is 0. The Morgan fingerprint density at radius 3 is 2.81 bits per heavy atom. The van der Waals surface area contributed by atoms with Crippen LogP contribution in [0.15, 0.2) is 67.1 Å². The second kappa shape index (κ2) is 8.37. The van der Waals surface area contributed by atoms with Crippen molar-refractivity contribution in [3.63, 3.8) is 0 Å². The van der Waals surface area contributed by atoms with Gasteiger partial charge >= 0.3 is 0 Å². The average Bonchev–Trinajstić information content (AvgIpc) is 3.14. The van der Waals surface area contributed by atoms with Gasteiger partial charge in [-0.05, 0) is 42.7 Å². The second-order valence-electron chi connectivity index (χ2n) is 6.95. The maximum Gasteiger partial charge on any atom is 0.127 e. The number of ether oxygens (including phenoxy) is 2. The van der Waals surface area contributed by atoms with E-state index in [1.165, 1.54) is 5.56 Å². The Morgan fingerprint density at radius 2 is 2.00 bits per heavy atom. The predicted molar refractivity (Wildman–Crippen MR) is 105 cm³/mol. The summed E-state index contributed by atoms with van der Waals surface area (Å²) in [7, 11) is 2.01. The molecule has 0 amide bonds. The largest absolute Gasteiger partial charge is 0.457 e. The van der Waals surface area contributed by atoms with E-state index in [-0.39, 0.29) is 6.10 Å². The van der Waals surface area contributed by atoms with Crippen molar-refractivity contribution in [2.24, 2.45) is 7.05 Å². The van der Waals surface area contributed by atoms with Gasteiger partial charge in [0, 0.05) is 26.2 Å². The highest BCUT2D eigenvalue weighted by Gasteiger charge is 2.25. The minimum Gasteiger partial charge on any atom is -0.457 e. The summed E-state index contributed by atoms with van der Waals surface area (Å²) in [5.41, 5.74) is 2.35. The predicted octanol–water partition coefficient (Wildman–Crippen LogP) is 4.22. The third kappa shape index (κ3) is 4.56. The van der Waals surface area contributed by atoms with E-state index in [1.54, 1.807) is 0 Å². The average molecular weight is 363 g/mol. The van der Waals surface area contributed by atoms with Crippen molar-refractivity contribution in [2.45, 2.75) is 31.5 Å². The number of benzene rings is 2. The molecule has 0 unspecified atom stereocenters. The van der Waals surface area contributed by atoms with Gasteiger partial charge in [-0.1, -0.05) is 30.3 Å². The maximum absolute atomic E-state index is 5.95. The molecule has 5 nitrogen and oxygen atoms in total. The molecule has 1 aliphatic heterocycles. The van der Waals surface area contributed by atoms with Crippen LogP contribution in [0.1, 0.15) is 30.2 Å². The summed E-state index contributed by atoms with van der Waals surface area (Å²) in [6, 6.07) is 18.5. The molecule has 1 aromatic heterocycles. The first-order chi connectivity index (χ1) is 13.3. The van der Waals surface area contributed by atoms with Crippen molar-refractivity contribution in [3.8, 4) is 11.5 Å². The number of imidazole rings is 1. The van der Waals surface area contributed by atoms with Crippen molar-refractivity contribution in [1.29, 1.82) is 0 Å².